The maximum absolute atomic E-state index is 12.4. The van der Waals surface area contributed by atoms with Crippen LogP contribution in [0.25, 0.3) is 11.4 Å². The van der Waals surface area contributed by atoms with Crippen LogP contribution in [0.4, 0.5) is 13.2 Å². The van der Waals surface area contributed by atoms with Gasteiger partial charge >= 0.3 is 12.1 Å². The third kappa shape index (κ3) is 5.24. The van der Waals surface area contributed by atoms with Crippen molar-refractivity contribution in [2.75, 3.05) is 7.11 Å². The third-order valence-corrected chi connectivity index (χ3v) is 4.03. The fourth-order valence-electron chi connectivity index (χ4n) is 2.69. The van der Waals surface area contributed by atoms with E-state index in [9.17, 15) is 22.8 Å². The summed E-state index contributed by atoms with van der Waals surface area (Å²) >= 11 is 0. The second-order valence-electron chi connectivity index (χ2n) is 5.97. The lowest BCUT2D eigenvalue weighted by Crippen LogP contribution is -2.17. The number of nitrogens with one attached hydrogen (secondary N) is 1. The third-order valence-electron chi connectivity index (χ3n) is 4.03. The van der Waals surface area contributed by atoms with Gasteiger partial charge in [0.1, 0.15) is 11.5 Å². The molecule has 3 aromatic rings. The molecule has 0 saturated heterocycles. The van der Waals surface area contributed by atoms with Gasteiger partial charge in [-0.3, -0.25) is 14.3 Å². The summed E-state index contributed by atoms with van der Waals surface area (Å²) in [5.41, 5.74) is 1.59. The maximum Gasteiger partial charge on any atom is 0.573 e. The molecule has 0 radical (unpaired) electrons. The fourth-order valence-corrected chi connectivity index (χ4v) is 2.69. The molecule has 10 heteroatoms. The highest BCUT2D eigenvalue weighted by Crippen LogP contribution is 2.30. The van der Waals surface area contributed by atoms with Crippen LogP contribution in [0.2, 0.25) is 0 Å². The van der Waals surface area contributed by atoms with E-state index in [1.165, 1.54) is 19.2 Å². The molecule has 0 fully saturated rings. The second-order valence-corrected chi connectivity index (χ2v) is 5.97. The van der Waals surface area contributed by atoms with Gasteiger partial charge in [0.2, 0.25) is 0 Å². The van der Waals surface area contributed by atoms with Crippen LogP contribution < -0.4 is 15.2 Å². The Morgan fingerprint density at radius 1 is 1.17 bits per heavy atom. The number of nitrogens with zero attached hydrogens (tertiary/aromatic N) is 1. The second kappa shape index (κ2) is 8.21. The van der Waals surface area contributed by atoms with Crippen LogP contribution in [-0.2, 0) is 6.42 Å². The molecule has 1 aromatic heterocycles. The molecule has 0 spiro atoms. The standard InChI is InChI=1S/C19H15F3N2O5/c1-27-16-10-14(28-19(20,21)22)8-6-12(16)7-9-15(25)11-2-4-13(5-3-11)17-23-18(26)29-24-17/h2-6,8,10H,7,9H2,1H3,(H,23,24,26). The number of aromatic amines is 1. The molecular formula is C19H15F3N2O5. The molecule has 0 aliphatic rings. The summed E-state index contributed by atoms with van der Waals surface area (Å²) in [6, 6.07) is 10.1. The van der Waals surface area contributed by atoms with Crippen molar-refractivity contribution in [2.45, 2.75) is 19.2 Å². The lowest BCUT2D eigenvalue weighted by molar-refractivity contribution is -0.274. The average molecular weight is 408 g/mol. The van der Waals surface area contributed by atoms with E-state index in [1.54, 1.807) is 24.3 Å². The first-order valence-electron chi connectivity index (χ1n) is 8.37. The van der Waals surface area contributed by atoms with Crippen molar-refractivity contribution in [3.63, 3.8) is 0 Å². The number of hydrogen-bond acceptors (Lipinski definition) is 6. The van der Waals surface area contributed by atoms with Gasteiger partial charge in [0.25, 0.3) is 0 Å². The van der Waals surface area contributed by atoms with Gasteiger partial charge in [0.05, 0.1) is 7.11 Å². The first kappa shape index (κ1) is 20.2. The zero-order valence-corrected chi connectivity index (χ0v) is 15.1. The molecule has 0 atom stereocenters. The number of carbonyl (C=O) groups is 1. The SMILES string of the molecule is COc1cc(OC(F)(F)F)ccc1CCC(=O)c1ccc(-c2noc(=O)[nH]2)cc1. The van der Waals surface area contributed by atoms with Crippen molar-refractivity contribution in [3.05, 3.63) is 64.1 Å². The lowest BCUT2D eigenvalue weighted by Gasteiger charge is -2.13. The predicted octanol–water partition coefficient (Wildman–Crippen LogP) is 3.75. The van der Waals surface area contributed by atoms with Gasteiger partial charge in [0, 0.05) is 23.6 Å². The number of methoxy groups -OCH3 is 1. The number of carbonyl (C=O) groups excluding carboxylic acids is 1. The highest BCUT2D eigenvalue weighted by atomic mass is 19.4. The van der Waals surface area contributed by atoms with E-state index in [1.807, 2.05) is 0 Å². The van der Waals surface area contributed by atoms with Gasteiger partial charge in [0.15, 0.2) is 11.6 Å². The minimum absolute atomic E-state index is 0.121. The molecule has 0 aliphatic carbocycles. The molecule has 152 valence electrons. The average Bonchev–Trinajstić information content (AvgIpc) is 3.12. The van der Waals surface area contributed by atoms with E-state index >= 15 is 0 Å². The number of aryl methyl sites for hydroxylation is 1. The van der Waals surface area contributed by atoms with Crippen LogP contribution in [0.3, 0.4) is 0 Å². The predicted molar refractivity (Wildman–Crippen MR) is 94.9 cm³/mol. The molecule has 2 aromatic carbocycles. The molecule has 29 heavy (non-hydrogen) atoms. The van der Waals surface area contributed by atoms with Crippen molar-refractivity contribution in [1.82, 2.24) is 10.1 Å². The monoisotopic (exact) mass is 408 g/mol. The Hall–Kier alpha value is -3.56. The molecular weight excluding hydrogens is 393 g/mol. The maximum atomic E-state index is 12.4. The largest absolute Gasteiger partial charge is 0.573 e. The molecule has 0 unspecified atom stereocenters. The first-order chi connectivity index (χ1) is 13.7. The van der Waals surface area contributed by atoms with Gasteiger partial charge in [-0.15, -0.1) is 13.2 Å². The number of ether oxygens (including phenoxy) is 2. The number of benzene rings is 2. The number of alkyl halides is 3. The zero-order chi connectivity index (χ0) is 21.0. The Labute approximate surface area is 162 Å². The molecule has 1 heterocycles. The number of H-pyrrole nitrogens is 1. The number of ketones is 1. The van der Waals surface area contributed by atoms with Gasteiger partial charge < -0.3 is 9.47 Å². The zero-order valence-electron chi connectivity index (χ0n) is 15.1. The van der Waals surface area contributed by atoms with Crippen molar-refractivity contribution in [1.29, 1.82) is 0 Å². The van der Waals surface area contributed by atoms with E-state index in [4.69, 9.17) is 4.74 Å². The van der Waals surface area contributed by atoms with Crippen LogP contribution >= 0.6 is 0 Å². The van der Waals surface area contributed by atoms with Crippen molar-refractivity contribution >= 4 is 5.78 Å². The number of aromatic nitrogens is 2. The fraction of sp³-hybridized carbons (Fsp3) is 0.211. The van der Waals surface area contributed by atoms with Crippen LogP contribution in [-0.4, -0.2) is 29.4 Å². The van der Waals surface area contributed by atoms with Crippen LogP contribution in [0.15, 0.2) is 51.8 Å². The van der Waals surface area contributed by atoms with E-state index in [-0.39, 0.29) is 30.2 Å². The van der Waals surface area contributed by atoms with E-state index < -0.39 is 17.9 Å². The molecule has 0 aliphatic heterocycles. The smallest absolute Gasteiger partial charge is 0.496 e. The molecule has 0 saturated carbocycles. The normalized spacial score (nSPS) is 11.3. The van der Waals surface area contributed by atoms with Gasteiger partial charge in [-0.25, -0.2) is 4.79 Å². The highest BCUT2D eigenvalue weighted by Gasteiger charge is 2.31. The van der Waals surface area contributed by atoms with Gasteiger partial charge in [-0.05, 0) is 18.1 Å². The topological polar surface area (TPSA) is 94.4 Å². The van der Waals surface area contributed by atoms with Crippen molar-refractivity contribution < 1.29 is 32.0 Å². The van der Waals surface area contributed by atoms with E-state index in [0.29, 0.717) is 16.7 Å². The molecule has 7 nitrogen and oxygen atoms in total. The van der Waals surface area contributed by atoms with E-state index in [0.717, 1.165) is 6.07 Å². The Morgan fingerprint density at radius 3 is 2.48 bits per heavy atom. The Morgan fingerprint density at radius 2 is 1.90 bits per heavy atom. The first-order valence-corrected chi connectivity index (χ1v) is 8.37. The Bertz CT molecular complexity index is 1050. The summed E-state index contributed by atoms with van der Waals surface area (Å²) in [5.74, 6) is -0.792. The molecule has 3 rings (SSSR count). The molecule has 1 N–H and O–H groups in total. The van der Waals surface area contributed by atoms with Crippen LogP contribution in [0.5, 0.6) is 11.5 Å². The molecule has 0 bridgehead atoms. The summed E-state index contributed by atoms with van der Waals surface area (Å²) in [5, 5.41) is 3.56. The number of Topliss-reactive ketones (excluding diaryl/α,β-unsaturated/α-hetero) is 1. The minimum atomic E-state index is -4.80. The van der Waals surface area contributed by atoms with Crippen molar-refractivity contribution in [2.24, 2.45) is 0 Å². The quantitative estimate of drug-likeness (QED) is 0.599. The van der Waals surface area contributed by atoms with Gasteiger partial charge in [-0.1, -0.05) is 35.5 Å². The minimum Gasteiger partial charge on any atom is -0.496 e. The summed E-state index contributed by atoms with van der Waals surface area (Å²) in [6.07, 6.45) is -4.41. The van der Waals surface area contributed by atoms with Crippen LogP contribution in [0, 0.1) is 0 Å². The number of hydrogen-bond donors (Lipinski definition) is 1. The summed E-state index contributed by atoms with van der Waals surface area (Å²) in [7, 11) is 1.32. The highest BCUT2D eigenvalue weighted by molar-refractivity contribution is 5.96. The molecule has 0 amide bonds. The summed E-state index contributed by atoms with van der Waals surface area (Å²) in [4.78, 5) is 25.8. The Kier molecular flexibility index (Phi) is 5.71. The summed E-state index contributed by atoms with van der Waals surface area (Å²) in [6.45, 7) is 0. The van der Waals surface area contributed by atoms with Crippen LogP contribution in [0.1, 0.15) is 22.3 Å². The van der Waals surface area contributed by atoms with E-state index in [2.05, 4.69) is 19.4 Å². The lowest BCUT2D eigenvalue weighted by atomic mass is 10.0. The summed E-state index contributed by atoms with van der Waals surface area (Å²) < 4.78 is 50.4. The Balaban J connectivity index is 1.66. The van der Waals surface area contributed by atoms with Gasteiger partial charge in [-0.2, -0.15) is 0 Å². The number of halogens is 3. The number of rotatable bonds is 7. The van der Waals surface area contributed by atoms with Crippen molar-refractivity contribution in [3.8, 4) is 22.9 Å².